The first-order valence-corrected chi connectivity index (χ1v) is 22.7. The first-order chi connectivity index (χ1) is 15.7. The predicted molar refractivity (Wildman–Crippen MR) is 157 cm³/mol. The zero-order chi connectivity index (χ0) is 27.5. The summed E-state index contributed by atoms with van der Waals surface area (Å²) in [6, 6.07) is 0. The summed E-state index contributed by atoms with van der Waals surface area (Å²) in [6.45, 7) is 33.1. The minimum absolute atomic E-state index is 0.120. The molecule has 0 amide bonds. The molecule has 2 rings (SSSR count). The van der Waals surface area contributed by atoms with Crippen molar-refractivity contribution in [2.45, 2.75) is 129 Å². The van der Waals surface area contributed by atoms with Crippen molar-refractivity contribution in [3.63, 3.8) is 0 Å². The van der Waals surface area contributed by atoms with Gasteiger partial charge in [-0.05, 0) is 0 Å². The van der Waals surface area contributed by atoms with Crippen LogP contribution in [0.25, 0.3) is 0 Å². The third-order valence-electron chi connectivity index (χ3n) is 11.2. The molecule has 2 unspecified atom stereocenters. The van der Waals surface area contributed by atoms with Gasteiger partial charge in [-0.25, -0.2) is 0 Å². The van der Waals surface area contributed by atoms with Crippen LogP contribution >= 0.6 is 17.0 Å². The number of halogens is 2. The van der Waals surface area contributed by atoms with E-state index in [-0.39, 0.29) is 27.9 Å². The van der Waals surface area contributed by atoms with Crippen LogP contribution in [0.5, 0.6) is 0 Å². The van der Waals surface area contributed by atoms with Gasteiger partial charge in [-0.3, -0.25) is 0 Å². The molecule has 0 aromatic rings. The standard InChI is InChI=1S/2C16H27.2ClH.Zr/c2*1-8-16(9-2,15(5,6)7)14-11-10-12(3)13(14)4;;;/h2*10-11H,8-9H2,1-7H3;2*1H;/q;;;;+2/p-2. The normalized spacial score (nSPS) is 26.5. The van der Waals surface area contributed by atoms with Crippen LogP contribution in [-0.4, -0.2) is 0 Å². The fourth-order valence-electron chi connectivity index (χ4n) is 8.01. The third-order valence-corrected chi connectivity index (χ3v) is 29.5. The van der Waals surface area contributed by atoms with Gasteiger partial charge in [0.25, 0.3) is 0 Å². The molecule has 3 heteroatoms. The zero-order valence-corrected chi connectivity index (χ0v) is 29.4. The first kappa shape index (κ1) is 31.6. The van der Waals surface area contributed by atoms with E-state index in [1.165, 1.54) is 22.3 Å². The molecule has 0 saturated carbocycles. The molecule has 200 valence electrons. The molecule has 0 bridgehead atoms. The Kier molecular flexibility index (Phi) is 8.92. The summed E-state index contributed by atoms with van der Waals surface area (Å²) in [4.78, 5) is 0. The number of allylic oxidation sites excluding steroid dienone is 8. The molecule has 0 spiro atoms. The molecule has 2 aliphatic rings. The van der Waals surface area contributed by atoms with E-state index in [1.54, 1.807) is 0 Å². The molecule has 0 fully saturated rings. The van der Waals surface area contributed by atoms with Gasteiger partial charge in [0.05, 0.1) is 0 Å². The molecule has 0 aliphatic heterocycles. The molecule has 0 N–H and O–H groups in total. The van der Waals surface area contributed by atoms with Crippen molar-refractivity contribution < 1.29 is 17.9 Å². The fourth-order valence-corrected chi connectivity index (χ4v) is 19.9. The van der Waals surface area contributed by atoms with Crippen LogP contribution < -0.4 is 0 Å². The van der Waals surface area contributed by atoms with Gasteiger partial charge in [0.2, 0.25) is 0 Å². The average molecular weight is 601 g/mol. The summed E-state index contributed by atoms with van der Waals surface area (Å²) >= 11 is -3.96. The first-order valence-electron chi connectivity index (χ1n) is 13.9. The van der Waals surface area contributed by atoms with E-state index in [0.29, 0.717) is 0 Å². The van der Waals surface area contributed by atoms with Crippen LogP contribution in [0.15, 0.2) is 46.6 Å². The number of hydrogen-bond acceptors (Lipinski definition) is 0. The Balaban J connectivity index is 2.76. The van der Waals surface area contributed by atoms with E-state index in [0.717, 1.165) is 25.7 Å². The van der Waals surface area contributed by atoms with Gasteiger partial charge >= 0.3 is 232 Å². The van der Waals surface area contributed by atoms with E-state index < -0.39 is 17.9 Å². The maximum atomic E-state index is 7.86. The Bertz CT molecular complexity index is 863. The van der Waals surface area contributed by atoms with Crippen molar-refractivity contribution in [2.75, 3.05) is 0 Å². The Hall–Kier alpha value is 0.423. The van der Waals surface area contributed by atoms with Crippen molar-refractivity contribution in [3.05, 3.63) is 46.6 Å². The van der Waals surface area contributed by atoms with Crippen molar-refractivity contribution in [1.29, 1.82) is 0 Å². The molecule has 0 aromatic heterocycles. The van der Waals surface area contributed by atoms with Gasteiger partial charge in [-0.1, -0.05) is 0 Å². The zero-order valence-electron chi connectivity index (χ0n) is 25.4. The van der Waals surface area contributed by atoms with E-state index in [4.69, 9.17) is 17.0 Å². The van der Waals surface area contributed by atoms with E-state index in [1.807, 2.05) is 0 Å². The van der Waals surface area contributed by atoms with Crippen LogP contribution in [0.2, 0.25) is 6.25 Å². The molecule has 2 atom stereocenters. The Morgan fingerprint density at radius 1 is 0.629 bits per heavy atom. The van der Waals surface area contributed by atoms with Crippen molar-refractivity contribution in [3.8, 4) is 0 Å². The van der Waals surface area contributed by atoms with Gasteiger partial charge < -0.3 is 0 Å². The molecular weight excluding hydrogens is 546 g/mol. The summed E-state index contributed by atoms with van der Waals surface area (Å²) in [6.07, 6.45) is 14.1. The Morgan fingerprint density at radius 2 is 0.886 bits per heavy atom. The molecule has 35 heavy (non-hydrogen) atoms. The average Bonchev–Trinajstić information content (AvgIpc) is 3.23. The maximum absolute atomic E-state index is 7.86. The summed E-state index contributed by atoms with van der Waals surface area (Å²) in [5.74, 6) is 0. The van der Waals surface area contributed by atoms with Gasteiger partial charge in [-0.2, -0.15) is 0 Å². The Labute approximate surface area is 230 Å². The van der Waals surface area contributed by atoms with Crippen LogP contribution in [0.3, 0.4) is 0 Å². The minimum atomic E-state index is -3.96. The van der Waals surface area contributed by atoms with Gasteiger partial charge in [-0.15, -0.1) is 0 Å². The van der Waals surface area contributed by atoms with Crippen molar-refractivity contribution in [2.24, 2.45) is 21.7 Å². The fraction of sp³-hybridized carbons (Fsp3) is 0.750. The quantitative estimate of drug-likeness (QED) is 0.260. The molecule has 0 aromatic carbocycles. The van der Waals surface area contributed by atoms with Crippen LogP contribution in [0.1, 0.15) is 123 Å². The third kappa shape index (κ3) is 4.24. The monoisotopic (exact) mass is 598 g/mol. The van der Waals surface area contributed by atoms with Crippen LogP contribution in [-0.2, 0) is 17.9 Å². The Morgan fingerprint density at radius 3 is 1.09 bits per heavy atom. The van der Waals surface area contributed by atoms with E-state index in [9.17, 15) is 0 Å². The summed E-state index contributed by atoms with van der Waals surface area (Å²) < 4.78 is -0.515. The second kappa shape index (κ2) is 9.87. The second-order valence-electron chi connectivity index (χ2n) is 13.8. The van der Waals surface area contributed by atoms with Gasteiger partial charge in [0.15, 0.2) is 0 Å². The summed E-state index contributed by atoms with van der Waals surface area (Å²) in [5, 5.41) is 0. The van der Waals surface area contributed by atoms with Crippen LogP contribution in [0, 0.1) is 21.7 Å². The molecule has 0 heterocycles. The molecule has 2 aliphatic carbocycles. The van der Waals surface area contributed by atoms with E-state index in [2.05, 4.69) is 121 Å². The topological polar surface area (TPSA) is 0 Å². The molecule has 0 nitrogen and oxygen atoms in total. The molecular formula is C32H54Cl2Zr. The van der Waals surface area contributed by atoms with Crippen molar-refractivity contribution >= 4 is 17.0 Å². The van der Waals surface area contributed by atoms with Gasteiger partial charge in [0.1, 0.15) is 0 Å². The molecule has 0 radical (unpaired) electrons. The van der Waals surface area contributed by atoms with Crippen LogP contribution in [0.4, 0.5) is 0 Å². The molecule has 0 saturated heterocycles. The van der Waals surface area contributed by atoms with Crippen molar-refractivity contribution in [1.82, 2.24) is 0 Å². The van der Waals surface area contributed by atoms with Gasteiger partial charge in [0, 0.05) is 0 Å². The summed E-state index contributed by atoms with van der Waals surface area (Å²) in [5.41, 5.74) is 6.37. The summed E-state index contributed by atoms with van der Waals surface area (Å²) in [7, 11) is 15.7. The predicted octanol–water partition coefficient (Wildman–Crippen LogP) is 12.3. The second-order valence-corrected chi connectivity index (χ2v) is 29.6. The number of hydrogen-bond donors (Lipinski definition) is 0. The number of rotatable bonds is 8. The van der Waals surface area contributed by atoms with E-state index >= 15 is 0 Å². The SMILES string of the molecule is CCC(CC)(C1=C(C)[C](C)([Zr]([Cl])([Cl])[C]2(C)C=CC(C(CC)(CC)C(C)(C)C)=C2C)C=C1)C(C)(C)C.